The lowest BCUT2D eigenvalue weighted by Gasteiger charge is -2.29. The van der Waals surface area contributed by atoms with Crippen LogP contribution in [0.15, 0.2) is 33.5 Å². The van der Waals surface area contributed by atoms with Crippen molar-refractivity contribution in [3.63, 3.8) is 0 Å². The maximum Gasteiger partial charge on any atom is 0.265 e. The molecule has 0 bridgehead atoms. The molecule has 5 heteroatoms. The fourth-order valence-electron chi connectivity index (χ4n) is 2.42. The first kappa shape index (κ1) is 12.6. The number of H-pyrrole nitrogens is 1. The van der Waals surface area contributed by atoms with Gasteiger partial charge in [-0.05, 0) is 33.5 Å². The molecule has 1 aliphatic rings. The monoisotopic (exact) mass is 320 g/mol. The molecular formula is C14H13BrN2O2. The number of nitrogens with one attached hydrogen (secondary N) is 1. The number of aromatic amines is 1. The summed E-state index contributed by atoms with van der Waals surface area (Å²) in [6, 6.07) is 8.24. The molecule has 1 atom stereocenters. The zero-order valence-corrected chi connectivity index (χ0v) is 12.0. The molecule has 19 heavy (non-hydrogen) atoms. The SMILES string of the molecule is COCc1nc(C2Cc3ccccc32)[nH]c(=O)c1Br. The second kappa shape index (κ2) is 4.90. The largest absolute Gasteiger partial charge is 0.378 e. The second-order valence-corrected chi connectivity index (χ2v) is 5.39. The van der Waals surface area contributed by atoms with E-state index in [1.807, 2.05) is 12.1 Å². The number of fused-ring (bicyclic) bond motifs is 1. The van der Waals surface area contributed by atoms with Crippen molar-refractivity contribution in [1.29, 1.82) is 0 Å². The Morgan fingerprint density at radius 3 is 3.00 bits per heavy atom. The molecule has 1 heterocycles. The third-order valence-electron chi connectivity index (χ3n) is 3.42. The number of ether oxygens (including phenoxy) is 1. The highest BCUT2D eigenvalue weighted by Gasteiger charge is 2.29. The summed E-state index contributed by atoms with van der Waals surface area (Å²) in [4.78, 5) is 19.3. The summed E-state index contributed by atoms with van der Waals surface area (Å²) in [5.74, 6) is 0.909. The Labute approximate surface area is 119 Å². The van der Waals surface area contributed by atoms with Crippen LogP contribution in [-0.4, -0.2) is 17.1 Å². The molecule has 0 amide bonds. The summed E-state index contributed by atoms with van der Waals surface area (Å²) in [6.45, 7) is 0.325. The Hall–Kier alpha value is -1.46. The topological polar surface area (TPSA) is 55.0 Å². The van der Waals surface area contributed by atoms with E-state index in [0.717, 1.165) is 12.2 Å². The van der Waals surface area contributed by atoms with Gasteiger partial charge >= 0.3 is 0 Å². The molecule has 0 aliphatic heterocycles. The zero-order chi connectivity index (χ0) is 13.4. The van der Waals surface area contributed by atoms with E-state index in [0.29, 0.717) is 16.8 Å². The highest BCUT2D eigenvalue weighted by molar-refractivity contribution is 9.10. The first-order valence-electron chi connectivity index (χ1n) is 6.06. The van der Waals surface area contributed by atoms with Crippen molar-refractivity contribution in [2.45, 2.75) is 18.9 Å². The molecule has 4 nitrogen and oxygen atoms in total. The quantitative estimate of drug-likeness (QED) is 0.944. The molecule has 1 aromatic carbocycles. The molecule has 0 radical (unpaired) electrons. The Bertz CT molecular complexity index is 681. The molecule has 1 N–H and O–H groups in total. The van der Waals surface area contributed by atoms with Gasteiger partial charge in [0, 0.05) is 13.0 Å². The fraction of sp³-hybridized carbons (Fsp3) is 0.286. The minimum absolute atomic E-state index is 0.151. The predicted octanol–water partition coefficient (Wildman–Crippen LogP) is 2.37. The van der Waals surface area contributed by atoms with Crippen molar-refractivity contribution in [2.75, 3.05) is 7.11 Å². The zero-order valence-electron chi connectivity index (χ0n) is 10.4. The summed E-state index contributed by atoms with van der Waals surface area (Å²) < 4.78 is 5.52. The molecule has 0 saturated carbocycles. The number of halogens is 1. The van der Waals surface area contributed by atoms with Gasteiger partial charge in [0.2, 0.25) is 0 Å². The molecule has 1 aromatic heterocycles. The number of methoxy groups -OCH3 is 1. The van der Waals surface area contributed by atoms with Crippen molar-refractivity contribution in [1.82, 2.24) is 9.97 Å². The van der Waals surface area contributed by atoms with Gasteiger partial charge in [-0.15, -0.1) is 0 Å². The minimum atomic E-state index is -0.151. The van der Waals surface area contributed by atoms with Gasteiger partial charge in [-0.3, -0.25) is 4.79 Å². The number of hydrogen-bond donors (Lipinski definition) is 1. The molecule has 0 fully saturated rings. The summed E-state index contributed by atoms with van der Waals surface area (Å²) in [6.07, 6.45) is 0.924. The summed E-state index contributed by atoms with van der Waals surface area (Å²) in [5.41, 5.74) is 3.06. The number of aromatic nitrogens is 2. The average Bonchev–Trinajstić information content (AvgIpc) is 2.37. The first-order valence-corrected chi connectivity index (χ1v) is 6.85. The van der Waals surface area contributed by atoms with E-state index >= 15 is 0 Å². The maximum atomic E-state index is 11.9. The van der Waals surface area contributed by atoms with E-state index in [1.54, 1.807) is 7.11 Å². The smallest absolute Gasteiger partial charge is 0.265 e. The molecule has 1 aliphatic carbocycles. The van der Waals surface area contributed by atoms with Gasteiger partial charge in [-0.1, -0.05) is 24.3 Å². The fourth-order valence-corrected chi connectivity index (χ4v) is 2.73. The summed E-state index contributed by atoms with van der Waals surface area (Å²) >= 11 is 3.25. The van der Waals surface area contributed by atoms with Crippen LogP contribution in [0.5, 0.6) is 0 Å². The Balaban J connectivity index is 2.02. The molecule has 0 saturated heterocycles. The Kier molecular flexibility index (Phi) is 3.24. The van der Waals surface area contributed by atoms with Crippen molar-refractivity contribution < 1.29 is 4.74 Å². The van der Waals surface area contributed by atoms with Gasteiger partial charge in [0.05, 0.1) is 12.3 Å². The van der Waals surface area contributed by atoms with E-state index in [2.05, 4.69) is 38.0 Å². The number of benzene rings is 1. The lowest BCUT2D eigenvalue weighted by molar-refractivity contribution is 0.180. The van der Waals surface area contributed by atoms with Crippen LogP contribution in [-0.2, 0) is 17.8 Å². The third kappa shape index (κ3) is 2.13. The van der Waals surface area contributed by atoms with Crippen LogP contribution in [0.25, 0.3) is 0 Å². The lowest BCUT2D eigenvalue weighted by Crippen LogP contribution is -2.25. The lowest BCUT2D eigenvalue weighted by atomic mass is 9.77. The van der Waals surface area contributed by atoms with Gasteiger partial charge in [0.1, 0.15) is 10.3 Å². The van der Waals surface area contributed by atoms with E-state index in [-0.39, 0.29) is 11.5 Å². The number of rotatable bonds is 3. The minimum Gasteiger partial charge on any atom is -0.378 e. The van der Waals surface area contributed by atoms with Crippen molar-refractivity contribution >= 4 is 15.9 Å². The van der Waals surface area contributed by atoms with E-state index < -0.39 is 0 Å². The molecule has 1 unspecified atom stereocenters. The number of nitrogens with zero attached hydrogens (tertiary/aromatic N) is 1. The van der Waals surface area contributed by atoms with Gasteiger partial charge in [0.15, 0.2) is 0 Å². The first-order chi connectivity index (χ1) is 9.20. The maximum absolute atomic E-state index is 11.9. The normalized spacial score (nSPS) is 16.8. The van der Waals surface area contributed by atoms with E-state index in [1.165, 1.54) is 11.1 Å². The summed E-state index contributed by atoms with van der Waals surface area (Å²) in [5, 5.41) is 0. The van der Waals surface area contributed by atoms with Gasteiger partial charge < -0.3 is 9.72 Å². The Morgan fingerprint density at radius 2 is 2.26 bits per heavy atom. The van der Waals surface area contributed by atoms with Gasteiger partial charge in [-0.2, -0.15) is 0 Å². The van der Waals surface area contributed by atoms with Crippen LogP contribution in [0, 0.1) is 0 Å². The van der Waals surface area contributed by atoms with Crippen LogP contribution in [0.1, 0.15) is 28.6 Å². The molecule has 3 rings (SSSR count). The van der Waals surface area contributed by atoms with Crippen LogP contribution in [0.3, 0.4) is 0 Å². The predicted molar refractivity (Wildman–Crippen MR) is 75.3 cm³/mol. The Morgan fingerprint density at radius 1 is 1.47 bits per heavy atom. The van der Waals surface area contributed by atoms with Crippen LogP contribution >= 0.6 is 15.9 Å². The van der Waals surface area contributed by atoms with E-state index in [4.69, 9.17) is 4.74 Å². The molecule has 2 aromatic rings. The van der Waals surface area contributed by atoms with Crippen molar-refractivity contribution in [2.24, 2.45) is 0 Å². The standard InChI is InChI=1S/C14H13BrN2O2/c1-19-7-11-12(15)14(18)17-13(16-11)10-6-8-4-2-3-5-9(8)10/h2-5,10H,6-7H2,1H3,(H,16,17,18). The third-order valence-corrected chi connectivity index (χ3v) is 4.23. The summed E-state index contributed by atoms with van der Waals surface area (Å²) in [7, 11) is 1.59. The number of hydrogen-bond acceptors (Lipinski definition) is 3. The van der Waals surface area contributed by atoms with E-state index in [9.17, 15) is 4.79 Å². The molecule has 98 valence electrons. The molecule has 0 spiro atoms. The van der Waals surface area contributed by atoms with Crippen LogP contribution in [0.2, 0.25) is 0 Å². The average molecular weight is 321 g/mol. The van der Waals surface area contributed by atoms with Gasteiger partial charge in [-0.25, -0.2) is 4.98 Å². The second-order valence-electron chi connectivity index (χ2n) is 4.60. The van der Waals surface area contributed by atoms with Crippen molar-refractivity contribution in [3.8, 4) is 0 Å². The molecular weight excluding hydrogens is 308 g/mol. The highest BCUT2D eigenvalue weighted by Crippen LogP contribution is 2.38. The van der Waals surface area contributed by atoms with Crippen LogP contribution < -0.4 is 5.56 Å². The highest BCUT2D eigenvalue weighted by atomic mass is 79.9. The van der Waals surface area contributed by atoms with Gasteiger partial charge in [0.25, 0.3) is 5.56 Å². The van der Waals surface area contributed by atoms with Crippen molar-refractivity contribution in [3.05, 3.63) is 61.7 Å². The van der Waals surface area contributed by atoms with Crippen LogP contribution in [0.4, 0.5) is 0 Å².